The summed E-state index contributed by atoms with van der Waals surface area (Å²) < 4.78 is 47.5. The number of carbonyl (C=O) groups is 1. The van der Waals surface area contributed by atoms with Crippen molar-refractivity contribution in [3.05, 3.63) is 76.9 Å². The first-order chi connectivity index (χ1) is 16.8. The summed E-state index contributed by atoms with van der Waals surface area (Å²) in [4.78, 5) is 12.7. The van der Waals surface area contributed by atoms with E-state index in [9.17, 15) is 17.6 Å². The second kappa shape index (κ2) is 10.2. The number of carbonyl (C=O) groups excluding carboxylic acids is 1. The summed E-state index contributed by atoms with van der Waals surface area (Å²) in [6.45, 7) is 1.78. The zero-order valence-corrected chi connectivity index (χ0v) is 19.8. The Balaban J connectivity index is 1.53. The molecule has 1 unspecified atom stereocenters. The number of benzene rings is 2. The van der Waals surface area contributed by atoms with Gasteiger partial charge in [0.15, 0.2) is 10.7 Å². The first-order valence-corrected chi connectivity index (χ1v) is 12.4. The van der Waals surface area contributed by atoms with Crippen molar-refractivity contribution >= 4 is 33.8 Å². The Labute approximate surface area is 202 Å². The molecule has 1 aromatic heterocycles. The van der Waals surface area contributed by atoms with Crippen molar-refractivity contribution in [3.63, 3.8) is 0 Å². The van der Waals surface area contributed by atoms with E-state index in [2.05, 4.69) is 10.5 Å². The fourth-order valence-corrected chi connectivity index (χ4v) is 5.72. The first-order valence-electron chi connectivity index (χ1n) is 11.0. The smallest absolute Gasteiger partial charge is 0.248 e. The molecule has 2 aromatic carbocycles. The summed E-state index contributed by atoms with van der Waals surface area (Å²) >= 11 is 0. The highest BCUT2D eigenvalue weighted by Gasteiger charge is 2.37. The molecule has 0 aliphatic carbocycles. The number of sulfonamides is 1. The summed E-state index contributed by atoms with van der Waals surface area (Å²) in [5.74, 6) is -1.30. The standard InChI is InChI=1S/C25H23FN4O4S/c1-17-24(23(34-29-17)13-10-19-5-2-3-7-22(19)26)35(32,33)30-14-4-6-20(16-30)25(31)28-21-11-8-18(15-27)9-12-21/h2-3,5,7-13,20H,4,6,14,16H2,1H3,(H,28,31)/b13-10+. The van der Waals surface area contributed by atoms with Crippen LogP contribution in [0.25, 0.3) is 12.2 Å². The Morgan fingerprint density at radius 2 is 1.97 bits per heavy atom. The normalized spacial score (nSPS) is 16.8. The molecule has 0 radical (unpaired) electrons. The number of anilines is 1. The average Bonchev–Trinajstić information content (AvgIpc) is 3.25. The second-order valence-corrected chi connectivity index (χ2v) is 10.1. The van der Waals surface area contributed by atoms with Gasteiger partial charge >= 0.3 is 0 Å². The second-order valence-electron chi connectivity index (χ2n) is 8.20. The number of rotatable bonds is 6. The van der Waals surface area contributed by atoms with Crippen molar-refractivity contribution in [1.82, 2.24) is 9.46 Å². The zero-order chi connectivity index (χ0) is 25.0. The highest BCUT2D eigenvalue weighted by Crippen LogP contribution is 2.30. The molecule has 0 saturated carbocycles. The number of nitrogens with zero attached hydrogens (tertiary/aromatic N) is 3. The number of hydrogen-bond acceptors (Lipinski definition) is 6. The first kappa shape index (κ1) is 24.3. The molecule has 8 nitrogen and oxygen atoms in total. The van der Waals surface area contributed by atoms with E-state index in [-0.39, 0.29) is 40.9 Å². The monoisotopic (exact) mass is 494 g/mol. The van der Waals surface area contributed by atoms with Crippen LogP contribution in [0.1, 0.15) is 35.4 Å². The molecule has 0 spiro atoms. The van der Waals surface area contributed by atoms with Gasteiger partial charge in [0.25, 0.3) is 0 Å². The summed E-state index contributed by atoms with van der Waals surface area (Å²) in [6.07, 6.45) is 3.86. The molecule has 1 aliphatic heterocycles. The van der Waals surface area contributed by atoms with Crippen LogP contribution in [0.2, 0.25) is 0 Å². The Morgan fingerprint density at radius 1 is 1.23 bits per heavy atom. The van der Waals surface area contributed by atoms with Crippen LogP contribution in [0.5, 0.6) is 0 Å². The molecule has 1 atom stereocenters. The lowest BCUT2D eigenvalue weighted by Crippen LogP contribution is -2.43. The van der Waals surface area contributed by atoms with Gasteiger partial charge in [0.2, 0.25) is 15.9 Å². The number of amides is 1. The molecule has 35 heavy (non-hydrogen) atoms. The SMILES string of the molecule is Cc1noc(/C=C/c2ccccc2F)c1S(=O)(=O)N1CCCC(C(=O)Nc2ccc(C#N)cc2)C1. The molecule has 2 heterocycles. The van der Waals surface area contributed by atoms with Crippen LogP contribution < -0.4 is 5.32 Å². The van der Waals surface area contributed by atoms with Crippen LogP contribution in [0, 0.1) is 30.0 Å². The minimum absolute atomic E-state index is 0.00471. The molecule has 4 rings (SSSR count). The number of aromatic nitrogens is 1. The minimum atomic E-state index is -4.03. The van der Waals surface area contributed by atoms with Gasteiger partial charge in [0.1, 0.15) is 11.5 Å². The Bertz CT molecular complexity index is 1410. The fraction of sp³-hybridized carbons (Fsp3) is 0.240. The number of nitrogens with one attached hydrogen (secondary N) is 1. The van der Waals surface area contributed by atoms with E-state index < -0.39 is 21.8 Å². The van der Waals surface area contributed by atoms with Crippen molar-refractivity contribution in [1.29, 1.82) is 5.26 Å². The summed E-state index contributed by atoms with van der Waals surface area (Å²) in [5.41, 5.74) is 1.47. The summed E-state index contributed by atoms with van der Waals surface area (Å²) in [7, 11) is -4.03. The highest BCUT2D eigenvalue weighted by molar-refractivity contribution is 7.89. The van der Waals surface area contributed by atoms with E-state index >= 15 is 0 Å². The predicted octanol–water partition coefficient (Wildman–Crippen LogP) is 4.20. The lowest BCUT2D eigenvalue weighted by Gasteiger charge is -2.31. The maximum atomic E-state index is 14.0. The highest BCUT2D eigenvalue weighted by atomic mass is 32.2. The van der Waals surface area contributed by atoms with E-state index in [4.69, 9.17) is 9.78 Å². The van der Waals surface area contributed by atoms with Gasteiger partial charge in [-0.25, -0.2) is 12.8 Å². The van der Waals surface area contributed by atoms with E-state index in [1.165, 1.54) is 29.4 Å². The molecule has 180 valence electrons. The third-order valence-corrected chi connectivity index (χ3v) is 7.81. The largest absolute Gasteiger partial charge is 0.355 e. The maximum Gasteiger partial charge on any atom is 0.248 e. The molecule has 10 heteroatoms. The van der Waals surface area contributed by atoms with Gasteiger partial charge in [-0.05, 0) is 62.2 Å². The van der Waals surface area contributed by atoms with Gasteiger partial charge in [0, 0.05) is 24.3 Å². The number of nitriles is 1. The molecule has 1 saturated heterocycles. The molecule has 1 amide bonds. The minimum Gasteiger partial charge on any atom is -0.355 e. The van der Waals surface area contributed by atoms with Gasteiger partial charge in [-0.3, -0.25) is 4.79 Å². The zero-order valence-electron chi connectivity index (χ0n) is 18.9. The van der Waals surface area contributed by atoms with Crippen molar-refractivity contribution in [3.8, 4) is 6.07 Å². The van der Waals surface area contributed by atoms with Gasteiger partial charge < -0.3 is 9.84 Å². The third-order valence-electron chi connectivity index (χ3n) is 5.79. The average molecular weight is 495 g/mol. The lowest BCUT2D eigenvalue weighted by molar-refractivity contribution is -0.120. The van der Waals surface area contributed by atoms with Crippen LogP contribution in [-0.2, 0) is 14.8 Å². The predicted molar refractivity (Wildman–Crippen MR) is 128 cm³/mol. The lowest BCUT2D eigenvalue weighted by atomic mass is 9.98. The molecule has 1 aliphatic rings. The fourth-order valence-electron chi connectivity index (χ4n) is 3.95. The van der Waals surface area contributed by atoms with Crippen molar-refractivity contribution in [2.24, 2.45) is 5.92 Å². The number of halogens is 1. The summed E-state index contributed by atoms with van der Waals surface area (Å²) in [6, 6.07) is 14.6. The Kier molecular flexibility index (Phi) is 7.10. The van der Waals surface area contributed by atoms with Crippen LogP contribution in [-0.4, -0.2) is 36.9 Å². The molecule has 3 aromatic rings. The Hall–Kier alpha value is -3.81. The van der Waals surface area contributed by atoms with E-state index in [1.807, 2.05) is 6.07 Å². The molecule has 1 N–H and O–H groups in total. The van der Waals surface area contributed by atoms with E-state index in [0.717, 1.165) is 0 Å². The van der Waals surface area contributed by atoms with Gasteiger partial charge in [-0.15, -0.1) is 0 Å². The van der Waals surface area contributed by atoms with Crippen LogP contribution in [0.15, 0.2) is 57.9 Å². The van der Waals surface area contributed by atoms with Gasteiger partial charge in [-0.2, -0.15) is 9.57 Å². The topological polar surface area (TPSA) is 116 Å². The number of hydrogen-bond donors (Lipinski definition) is 1. The van der Waals surface area contributed by atoms with Gasteiger partial charge in [-0.1, -0.05) is 23.4 Å². The van der Waals surface area contributed by atoms with Crippen molar-refractivity contribution in [2.45, 2.75) is 24.7 Å². The quantitative estimate of drug-likeness (QED) is 0.549. The van der Waals surface area contributed by atoms with Crippen molar-refractivity contribution < 1.29 is 22.1 Å². The maximum absolute atomic E-state index is 14.0. The number of piperidine rings is 1. The Morgan fingerprint density at radius 3 is 2.69 bits per heavy atom. The van der Waals surface area contributed by atoms with Crippen molar-refractivity contribution in [2.75, 3.05) is 18.4 Å². The third kappa shape index (κ3) is 5.31. The number of aryl methyl sites for hydroxylation is 1. The molecule has 1 fully saturated rings. The van der Waals surface area contributed by atoms with Gasteiger partial charge in [0.05, 0.1) is 17.6 Å². The van der Waals surface area contributed by atoms with E-state index in [1.54, 1.807) is 42.5 Å². The summed E-state index contributed by atoms with van der Waals surface area (Å²) in [5, 5.41) is 15.5. The van der Waals surface area contributed by atoms with Crippen LogP contribution >= 0.6 is 0 Å². The molecular weight excluding hydrogens is 471 g/mol. The van der Waals surface area contributed by atoms with Crippen LogP contribution in [0.4, 0.5) is 10.1 Å². The van der Waals surface area contributed by atoms with Crippen LogP contribution in [0.3, 0.4) is 0 Å². The van der Waals surface area contributed by atoms with E-state index in [0.29, 0.717) is 24.1 Å². The molecular formula is C25H23FN4O4S. The molecule has 0 bridgehead atoms.